The predicted molar refractivity (Wildman–Crippen MR) is 92.8 cm³/mol. The van der Waals surface area contributed by atoms with Crippen molar-refractivity contribution in [2.45, 2.75) is 46.7 Å². The number of alkyl carbamates (subject to hydrolysis) is 1. The largest absolute Gasteiger partial charge is 0.466 e. The summed E-state index contributed by atoms with van der Waals surface area (Å²) >= 11 is 1.06. The average molecular weight is 399 g/mol. The van der Waals surface area contributed by atoms with Gasteiger partial charge in [0.2, 0.25) is 4.93 Å². The van der Waals surface area contributed by atoms with E-state index in [0.717, 1.165) is 11.8 Å². The lowest BCUT2D eigenvalue weighted by Gasteiger charge is -2.44. The predicted octanol–water partition coefficient (Wildman–Crippen LogP) is -0.372. The van der Waals surface area contributed by atoms with Gasteiger partial charge in [0.05, 0.1) is 19.8 Å². The molecule has 2 fully saturated rings. The summed E-state index contributed by atoms with van der Waals surface area (Å²) < 4.78 is 16.1. The third kappa shape index (κ3) is 3.90. The van der Waals surface area contributed by atoms with E-state index in [2.05, 4.69) is 5.32 Å². The highest BCUT2D eigenvalue weighted by atomic mass is 32.2. The Morgan fingerprint density at radius 3 is 2.74 bits per heavy atom. The van der Waals surface area contributed by atoms with Crippen molar-refractivity contribution in [2.75, 3.05) is 13.7 Å². The van der Waals surface area contributed by atoms with Crippen LogP contribution in [0.15, 0.2) is 35.2 Å². The van der Waals surface area contributed by atoms with Crippen LogP contribution < -0.4 is 5.32 Å². The molecule has 2 saturated heterocycles. The molecule has 0 radical (unpaired) electrons. The molecule has 0 saturated carbocycles. The molecule has 2 heterocycles. The van der Waals surface area contributed by atoms with Crippen LogP contribution in [0.5, 0.6) is 0 Å². The highest BCUT2D eigenvalue weighted by Gasteiger charge is 2.59. The van der Waals surface area contributed by atoms with E-state index in [1.165, 1.54) is 7.11 Å². The number of hydrogen-bond acceptors (Lipinski definition) is 9. The second-order valence-corrected chi connectivity index (χ2v) is 7.64. The topological polar surface area (TPSA) is 135 Å². The first-order valence-electron chi connectivity index (χ1n) is 8.34. The zero-order valence-electron chi connectivity index (χ0n) is 14.5. The Bertz CT molecular complexity index is 689. The van der Waals surface area contributed by atoms with Crippen LogP contribution in [0.1, 0.15) is 6.42 Å². The number of aliphatic hydroxyl groups is 3. The molecule has 10 heteroatoms. The minimum absolute atomic E-state index is 0.0128. The molecule has 9 nitrogen and oxygen atoms in total. The Labute approximate surface area is 159 Å². The van der Waals surface area contributed by atoms with Gasteiger partial charge in [-0.15, -0.1) is 0 Å². The molecule has 0 aromatic heterocycles. The first kappa shape index (κ1) is 19.9. The molecule has 1 aromatic rings. The van der Waals surface area contributed by atoms with E-state index in [-0.39, 0.29) is 6.42 Å². The number of methoxy groups -OCH3 is 1. The number of rotatable bonds is 6. The second kappa shape index (κ2) is 8.03. The molecule has 2 unspecified atom stereocenters. The van der Waals surface area contributed by atoms with Gasteiger partial charge >= 0.3 is 12.1 Å². The third-order valence-corrected chi connectivity index (χ3v) is 5.80. The quantitative estimate of drug-likeness (QED) is 0.473. The van der Waals surface area contributed by atoms with Crippen molar-refractivity contribution < 1.29 is 39.1 Å². The van der Waals surface area contributed by atoms with Gasteiger partial charge < -0.3 is 34.8 Å². The van der Waals surface area contributed by atoms with Gasteiger partial charge in [0.25, 0.3) is 0 Å². The molecule has 27 heavy (non-hydrogen) atoms. The van der Waals surface area contributed by atoms with Crippen LogP contribution >= 0.6 is 11.8 Å². The fourth-order valence-corrected chi connectivity index (χ4v) is 4.47. The Balaban J connectivity index is 1.97. The molecular weight excluding hydrogens is 378 g/mol. The summed E-state index contributed by atoms with van der Waals surface area (Å²) in [5.41, 5.74) is 0. The highest BCUT2D eigenvalue weighted by Crippen LogP contribution is 2.46. The van der Waals surface area contributed by atoms with E-state index < -0.39 is 54.1 Å². The van der Waals surface area contributed by atoms with E-state index in [1.807, 2.05) is 6.07 Å². The van der Waals surface area contributed by atoms with Gasteiger partial charge in [0.15, 0.2) is 0 Å². The zero-order valence-corrected chi connectivity index (χ0v) is 15.3. The van der Waals surface area contributed by atoms with Gasteiger partial charge in [-0.25, -0.2) is 9.59 Å². The van der Waals surface area contributed by atoms with Crippen molar-refractivity contribution in [3.05, 3.63) is 30.3 Å². The van der Waals surface area contributed by atoms with Crippen LogP contribution in [-0.4, -0.2) is 76.5 Å². The van der Waals surface area contributed by atoms with Gasteiger partial charge in [-0.3, -0.25) is 0 Å². The normalized spacial score (nSPS) is 32.0. The summed E-state index contributed by atoms with van der Waals surface area (Å²) in [5.74, 6) is -0.714. The molecule has 1 aromatic carbocycles. The molecule has 0 aliphatic carbocycles. The van der Waals surface area contributed by atoms with Gasteiger partial charge in [0, 0.05) is 11.3 Å². The number of thioether (sulfide) groups is 1. The van der Waals surface area contributed by atoms with Crippen LogP contribution in [0, 0.1) is 0 Å². The maximum atomic E-state index is 12.6. The molecule has 4 N–H and O–H groups in total. The van der Waals surface area contributed by atoms with Crippen molar-refractivity contribution in [1.29, 1.82) is 0 Å². The molecule has 0 bridgehead atoms. The van der Waals surface area contributed by atoms with Crippen molar-refractivity contribution in [1.82, 2.24) is 5.32 Å². The molecule has 1 amide bonds. The van der Waals surface area contributed by atoms with E-state index in [1.54, 1.807) is 24.3 Å². The van der Waals surface area contributed by atoms with Crippen LogP contribution in [0.25, 0.3) is 0 Å². The standard InChI is InChI=1S/C17H21NO8S/c1-24-15(22)17(27-9-5-3-2-4-6-9)7-11-12(18-16(23)25-11)14(26-17)13(21)10(20)8-19/h2-6,10-14,19-21H,7-8H2,1H3,(H,18,23)/t10-,11?,12-,13-,14?,17-/m1/s1. The van der Waals surface area contributed by atoms with Crippen LogP contribution in [0.3, 0.4) is 0 Å². The number of nitrogens with one attached hydrogen (secondary N) is 1. The Morgan fingerprint density at radius 1 is 1.41 bits per heavy atom. The van der Waals surface area contributed by atoms with Crippen molar-refractivity contribution in [3.8, 4) is 0 Å². The lowest BCUT2D eigenvalue weighted by atomic mass is 9.90. The number of carbonyl (C=O) groups excluding carboxylic acids is 2. The fourth-order valence-electron chi connectivity index (χ4n) is 3.22. The van der Waals surface area contributed by atoms with E-state index in [4.69, 9.17) is 19.3 Å². The van der Waals surface area contributed by atoms with Gasteiger partial charge in [-0.05, 0) is 12.1 Å². The number of aliphatic hydroxyl groups excluding tert-OH is 3. The molecular formula is C17H21NO8S. The van der Waals surface area contributed by atoms with E-state index in [0.29, 0.717) is 4.90 Å². The summed E-state index contributed by atoms with van der Waals surface area (Å²) in [5, 5.41) is 32.0. The number of amides is 1. The SMILES string of the molecule is COC(=O)[C@]1(Sc2ccccc2)CC2OC(=O)N[C@H]2C([C@H](O)[C@H](O)CO)O1. The Kier molecular flexibility index (Phi) is 5.92. The molecule has 6 atom stereocenters. The number of hydrogen-bond donors (Lipinski definition) is 4. The monoisotopic (exact) mass is 399 g/mol. The van der Waals surface area contributed by atoms with Gasteiger partial charge in [-0.2, -0.15) is 0 Å². The van der Waals surface area contributed by atoms with Crippen LogP contribution in [0.4, 0.5) is 4.79 Å². The van der Waals surface area contributed by atoms with E-state index in [9.17, 15) is 19.8 Å². The van der Waals surface area contributed by atoms with Crippen LogP contribution in [-0.2, 0) is 19.0 Å². The van der Waals surface area contributed by atoms with Crippen LogP contribution in [0.2, 0.25) is 0 Å². The van der Waals surface area contributed by atoms with Gasteiger partial charge in [-0.1, -0.05) is 30.0 Å². The molecule has 2 aliphatic heterocycles. The molecule has 0 spiro atoms. The summed E-state index contributed by atoms with van der Waals surface area (Å²) in [4.78, 5) is 23.5. The second-order valence-electron chi connectivity index (χ2n) is 6.30. The first-order chi connectivity index (χ1) is 12.9. The van der Waals surface area contributed by atoms with Crippen molar-refractivity contribution in [2.24, 2.45) is 0 Å². The lowest BCUT2D eigenvalue weighted by Crippen LogP contribution is -2.63. The highest BCUT2D eigenvalue weighted by molar-refractivity contribution is 8.01. The third-order valence-electron chi connectivity index (χ3n) is 4.53. The molecule has 148 valence electrons. The smallest absolute Gasteiger partial charge is 0.407 e. The summed E-state index contributed by atoms with van der Waals surface area (Å²) in [6.07, 6.45) is -5.80. The summed E-state index contributed by atoms with van der Waals surface area (Å²) in [7, 11) is 1.21. The number of benzene rings is 1. The van der Waals surface area contributed by atoms with Crippen molar-refractivity contribution in [3.63, 3.8) is 0 Å². The number of ether oxygens (including phenoxy) is 3. The summed E-state index contributed by atoms with van der Waals surface area (Å²) in [6.45, 7) is -0.718. The minimum Gasteiger partial charge on any atom is -0.466 e. The fraction of sp³-hybridized carbons (Fsp3) is 0.529. The molecule has 3 rings (SSSR count). The Hall–Kier alpha value is -1.85. The Morgan fingerprint density at radius 2 is 2.11 bits per heavy atom. The first-order valence-corrected chi connectivity index (χ1v) is 9.16. The number of fused-ring (bicyclic) bond motifs is 1. The maximum absolute atomic E-state index is 12.6. The molecule has 2 aliphatic rings. The average Bonchev–Trinajstić information content (AvgIpc) is 3.05. The lowest BCUT2D eigenvalue weighted by molar-refractivity contribution is -0.199. The van der Waals surface area contributed by atoms with Gasteiger partial charge in [0.1, 0.15) is 24.4 Å². The summed E-state index contributed by atoms with van der Waals surface area (Å²) in [6, 6.07) is 8.16. The van der Waals surface area contributed by atoms with E-state index >= 15 is 0 Å². The minimum atomic E-state index is -1.61. The number of esters is 1. The van der Waals surface area contributed by atoms with Crippen molar-refractivity contribution >= 4 is 23.8 Å². The number of carbonyl (C=O) groups is 2. The zero-order chi connectivity index (χ0) is 19.6. The maximum Gasteiger partial charge on any atom is 0.407 e.